The molecule has 0 aliphatic carbocycles. The topological polar surface area (TPSA) is 12.0 Å². The molecule has 0 atom stereocenters. The number of hydrogen-bond donors (Lipinski definition) is 1. The molecule has 12 heavy (non-hydrogen) atoms. The summed E-state index contributed by atoms with van der Waals surface area (Å²) in [5.74, 6) is 0. The van der Waals surface area contributed by atoms with Gasteiger partial charge in [-0.05, 0) is 13.0 Å². The second kappa shape index (κ2) is 3.99. The summed E-state index contributed by atoms with van der Waals surface area (Å²) in [4.78, 5) is 0. The van der Waals surface area contributed by atoms with Crippen molar-refractivity contribution in [3.8, 4) is 0 Å². The number of rotatable bonds is 3. The van der Waals surface area contributed by atoms with Crippen LogP contribution in [0.25, 0.3) is 0 Å². The molecular formula is C8H10F3N. The van der Waals surface area contributed by atoms with Crippen LogP contribution in [0.15, 0.2) is 36.7 Å². The summed E-state index contributed by atoms with van der Waals surface area (Å²) in [6.45, 7) is 7.68. The van der Waals surface area contributed by atoms with Gasteiger partial charge in [0.1, 0.15) is 5.70 Å². The van der Waals surface area contributed by atoms with Gasteiger partial charge in [0.25, 0.3) is 0 Å². The molecule has 0 aromatic heterocycles. The summed E-state index contributed by atoms with van der Waals surface area (Å²) in [6.07, 6.45) is -1.57. The van der Waals surface area contributed by atoms with Crippen LogP contribution in [-0.2, 0) is 0 Å². The fourth-order valence-electron chi connectivity index (χ4n) is 0.527. The van der Waals surface area contributed by atoms with E-state index in [1.54, 1.807) is 0 Å². The van der Waals surface area contributed by atoms with Crippen LogP contribution >= 0.6 is 0 Å². The van der Waals surface area contributed by atoms with Crippen LogP contribution in [0.5, 0.6) is 0 Å². The van der Waals surface area contributed by atoms with E-state index in [4.69, 9.17) is 0 Å². The average molecular weight is 177 g/mol. The number of halogens is 3. The first-order valence-corrected chi connectivity index (χ1v) is 3.20. The van der Waals surface area contributed by atoms with Crippen molar-refractivity contribution in [2.45, 2.75) is 13.1 Å². The van der Waals surface area contributed by atoms with E-state index in [0.717, 1.165) is 0 Å². The summed E-state index contributed by atoms with van der Waals surface area (Å²) in [5.41, 5.74) is -0.620. The molecule has 0 spiro atoms. The maximum atomic E-state index is 11.8. The molecule has 1 N–H and O–H groups in total. The molecule has 0 saturated carbocycles. The highest BCUT2D eigenvalue weighted by atomic mass is 19.4. The van der Waals surface area contributed by atoms with E-state index in [1.807, 2.05) is 0 Å². The van der Waals surface area contributed by atoms with Crippen LogP contribution in [-0.4, -0.2) is 6.18 Å². The van der Waals surface area contributed by atoms with Gasteiger partial charge in [0, 0.05) is 5.70 Å². The van der Waals surface area contributed by atoms with E-state index in [-0.39, 0.29) is 0 Å². The lowest BCUT2D eigenvalue weighted by molar-refractivity contribution is -0.0953. The van der Waals surface area contributed by atoms with Gasteiger partial charge in [-0.1, -0.05) is 19.2 Å². The van der Waals surface area contributed by atoms with E-state index >= 15 is 0 Å². The van der Waals surface area contributed by atoms with Gasteiger partial charge in [-0.2, -0.15) is 13.2 Å². The second-order valence-corrected chi connectivity index (χ2v) is 2.19. The summed E-state index contributed by atoms with van der Waals surface area (Å²) in [7, 11) is 0. The average Bonchev–Trinajstić information content (AvgIpc) is 1.85. The quantitative estimate of drug-likeness (QED) is 0.653. The van der Waals surface area contributed by atoms with E-state index in [1.165, 1.54) is 19.1 Å². The minimum atomic E-state index is -4.39. The Labute approximate surface area is 69.3 Å². The van der Waals surface area contributed by atoms with Crippen molar-refractivity contribution in [3.05, 3.63) is 36.7 Å². The van der Waals surface area contributed by atoms with Crippen molar-refractivity contribution in [3.63, 3.8) is 0 Å². The van der Waals surface area contributed by atoms with E-state index in [9.17, 15) is 13.2 Å². The highest BCUT2D eigenvalue weighted by Gasteiger charge is 2.31. The van der Waals surface area contributed by atoms with Crippen molar-refractivity contribution in [1.29, 1.82) is 0 Å². The molecule has 0 bridgehead atoms. The van der Waals surface area contributed by atoms with Gasteiger partial charge in [-0.25, -0.2) is 0 Å². The zero-order valence-electron chi connectivity index (χ0n) is 6.70. The smallest absolute Gasteiger partial charge is 0.356 e. The van der Waals surface area contributed by atoms with Crippen LogP contribution in [0.4, 0.5) is 13.2 Å². The Balaban J connectivity index is 4.20. The third-order valence-electron chi connectivity index (χ3n) is 1.06. The summed E-state index contributed by atoms with van der Waals surface area (Å²) < 4.78 is 35.5. The van der Waals surface area contributed by atoms with E-state index in [0.29, 0.717) is 5.70 Å². The first-order valence-electron chi connectivity index (χ1n) is 3.20. The minimum absolute atomic E-state index is 0.354. The van der Waals surface area contributed by atoms with Gasteiger partial charge < -0.3 is 5.32 Å². The Kier molecular flexibility index (Phi) is 3.60. The Morgan fingerprint density at radius 3 is 2.25 bits per heavy atom. The lowest BCUT2D eigenvalue weighted by atomic mass is 10.4. The van der Waals surface area contributed by atoms with Gasteiger partial charge >= 0.3 is 6.18 Å². The predicted octanol–water partition coefficient (Wildman–Crippen LogP) is 2.74. The number of allylic oxidation sites excluding steroid dienone is 4. The maximum absolute atomic E-state index is 11.8. The molecule has 0 amide bonds. The predicted molar refractivity (Wildman–Crippen MR) is 42.3 cm³/mol. The summed E-state index contributed by atoms with van der Waals surface area (Å²) in [5, 5.41) is 2.09. The maximum Gasteiger partial charge on any atom is 0.430 e. The molecule has 0 aromatic carbocycles. The number of nitrogens with one attached hydrogen (secondary N) is 1. The van der Waals surface area contributed by atoms with Gasteiger partial charge in [0.15, 0.2) is 0 Å². The zero-order chi connectivity index (χ0) is 9.78. The van der Waals surface area contributed by atoms with Crippen molar-refractivity contribution in [1.82, 2.24) is 5.32 Å². The fraction of sp³-hybridized carbons (Fsp3) is 0.250. The Morgan fingerprint density at radius 2 is 1.92 bits per heavy atom. The lowest BCUT2D eigenvalue weighted by Gasteiger charge is -2.12. The normalized spacial score (nSPS) is 12.5. The van der Waals surface area contributed by atoms with Crippen LogP contribution in [0.3, 0.4) is 0 Å². The largest absolute Gasteiger partial charge is 0.430 e. The third kappa shape index (κ3) is 3.85. The molecule has 0 unspecified atom stereocenters. The first kappa shape index (κ1) is 10.8. The van der Waals surface area contributed by atoms with Crippen molar-refractivity contribution < 1.29 is 13.2 Å². The summed E-state index contributed by atoms with van der Waals surface area (Å²) in [6, 6.07) is 0. The van der Waals surface area contributed by atoms with Crippen LogP contribution in [0.1, 0.15) is 6.92 Å². The molecule has 0 rings (SSSR count). The van der Waals surface area contributed by atoms with Crippen molar-refractivity contribution >= 4 is 0 Å². The molecule has 1 nitrogen and oxygen atoms in total. The highest BCUT2D eigenvalue weighted by molar-refractivity contribution is 5.14. The fourth-order valence-corrected chi connectivity index (χ4v) is 0.527. The zero-order valence-corrected chi connectivity index (χ0v) is 6.70. The molecule has 68 valence electrons. The van der Waals surface area contributed by atoms with Crippen LogP contribution in [0.2, 0.25) is 0 Å². The number of hydrogen-bond acceptors (Lipinski definition) is 1. The molecule has 0 aliphatic rings. The Morgan fingerprint density at radius 1 is 1.42 bits per heavy atom. The lowest BCUT2D eigenvalue weighted by Crippen LogP contribution is -2.23. The molecule has 0 fully saturated rings. The standard InChI is InChI=1S/C8H10F3N/c1-4-5-6(2)12-7(3)8(9,10)11/h4-5,12H,1,3H2,2H3/b6-5+. The number of alkyl halides is 3. The molecule has 0 saturated heterocycles. The Hall–Kier alpha value is -1.19. The van der Waals surface area contributed by atoms with Crippen molar-refractivity contribution in [2.24, 2.45) is 0 Å². The minimum Gasteiger partial charge on any atom is -0.356 e. The highest BCUT2D eigenvalue weighted by Crippen LogP contribution is 2.22. The van der Waals surface area contributed by atoms with Crippen LogP contribution in [0, 0.1) is 0 Å². The molecule has 0 aliphatic heterocycles. The first-order chi connectivity index (χ1) is 5.38. The van der Waals surface area contributed by atoms with E-state index < -0.39 is 11.9 Å². The molecule has 0 radical (unpaired) electrons. The third-order valence-corrected chi connectivity index (χ3v) is 1.06. The molecule has 0 heterocycles. The second-order valence-electron chi connectivity index (χ2n) is 2.19. The molecule has 4 heteroatoms. The van der Waals surface area contributed by atoms with Crippen molar-refractivity contribution in [2.75, 3.05) is 0 Å². The van der Waals surface area contributed by atoms with E-state index in [2.05, 4.69) is 18.5 Å². The SMILES string of the molecule is C=C/C=C(\C)NC(=C)C(F)(F)F. The molecule has 0 aromatic rings. The summed E-state index contributed by atoms with van der Waals surface area (Å²) >= 11 is 0. The monoisotopic (exact) mass is 177 g/mol. The van der Waals surface area contributed by atoms with Gasteiger partial charge in [0.2, 0.25) is 0 Å². The van der Waals surface area contributed by atoms with Gasteiger partial charge in [-0.15, -0.1) is 0 Å². The van der Waals surface area contributed by atoms with Gasteiger partial charge in [-0.3, -0.25) is 0 Å². The van der Waals surface area contributed by atoms with Gasteiger partial charge in [0.05, 0.1) is 0 Å². The Bertz CT molecular complexity index is 213. The molecular weight excluding hydrogens is 167 g/mol. The van der Waals surface area contributed by atoms with Crippen LogP contribution < -0.4 is 5.32 Å².